The molecule has 0 saturated carbocycles. The van der Waals surface area contributed by atoms with Crippen LogP contribution in [0.1, 0.15) is 0 Å². The average molecular weight is 991 g/mol. The largest absolute Gasteiger partial charge is 0.505 e. The molecule has 8 aromatic carbocycles. The van der Waals surface area contributed by atoms with E-state index in [2.05, 4.69) is 36.0 Å². The number of fused-ring (bicyclic) bond motifs is 3. The number of para-hydroxylation sites is 1. The zero-order valence-corrected chi connectivity index (χ0v) is 39.4. The van der Waals surface area contributed by atoms with Crippen molar-refractivity contribution in [2.24, 2.45) is 30.7 Å². The van der Waals surface area contributed by atoms with Gasteiger partial charge in [-0.1, -0.05) is 36.4 Å². The molecule has 335 valence electrons. The van der Waals surface area contributed by atoms with Crippen molar-refractivity contribution in [1.82, 2.24) is 0 Å². The van der Waals surface area contributed by atoms with Gasteiger partial charge in [-0.15, -0.1) is 25.6 Å². The number of nitrogens with zero attached hydrogens (tertiary/aromatic N) is 6. The van der Waals surface area contributed by atoms with Gasteiger partial charge in [0, 0.05) is 67.9 Å². The van der Waals surface area contributed by atoms with E-state index in [0.717, 1.165) is 48.2 Å². The minimum atomic E-state index is -5.04. The maximum absolute atomic E-state index is 12.7. The third-order valence-electron chi connectivity index (χ3n) is 9.78. The van der Waals surface area contributed by atoms with E-state index in [1.54, 1.807) is 24.3 Å². The molecule has 0 aliphatic heterocycles. The van der Waals surface area contributed by atoms with E-state index in [9.17, 15) is 57.0 Å². The summed E-state index contributed by atoms with van der Waals surface area (Å²) in [6, 6.07) is 32.1. The number of phenolic OH excluding ortho intramolecular Hbond substituents is 1. The molecule has 67 heavy (non-hydrogen) atoms. The van der Waals surface area contributed by atoms with Gasteiger partial charge in [0.1, 0.15) is 10.6 Å². The number of benzene rings is 8. The van der Waals surface area contributed by atoms with Gasteiger partial charge in [-0.05, 0) is 109 Å². The van der Waals surface area contributed by atoms with Crippen molar-refractivity contribution < 1.29 is 57.0 Å². The molecule has 8 rings (SSSR count). The fourth-order valence-electron chi connectivity index (χ4n) is 6.70. The summed E-state index contributed by atoms with van der Waals surface area (Å²) in [6.07, 6.45) is 0. The first-order chi connectivity index (χ1) is 31.1. The molecule has 8 aromatic rings. The Bertz CT molecular complexity index is 3880. The van der Waals surface area contributed by atoms with Gasteiger partial charge in [0.25, 0.3) is 40.5 Å². The Balaban J connectivity index is 0.00000666. The molecule has 0 amide bonds. The average Bonchev–Trinajstić information content (AvgIpc) is 3.26. The van der Waals surface area contributed by atoms with Crippen LogP contribution in [0.3, 0.4) is 0 Å². The summed E-state index contributed by atoms with van der Waals surface area (Å²) in [5.74, 6) is -0.654. The first-order valence-corrected chi connectivity index (χ1v) is 24.4. The van der Waals surface area contributed by atoms with Crippen LogP contribution in [0.15, 0.2) is 190 Å². The summed E-state index contributed by atoms with van der Waals surface area (Å²) in [5, 5.41) is 40.3. The fourth-order valence-corrected chi connectivity index (χ4v) is 8.89. The zero-order chi connectivity index (χ0) is 47.2. The van der Waals surface area contributed by atoms with Crippen LogP contribution in [-0.2, 0) is 40.5 Å². The number of aromatic hydroxyl groups is 1. The van der Waals surface area contributed by atoms with E-state index in [-0.39, 0.29) is 90.3 Å². The molecule has 25 heteroatoms. The van der Waals surface area contributed by atoms with E-state index in [4.69, 9.17) is 0 Å². The van der Waals surface area contributed by atoms with Crippen molar-refractivity contribution in [2.75, 3.05) is 5.32 Å². The second-order valence-electron chi connectivity index (χ2n) is 14.1. The van der Waals surface area contributed by atoms with Crippen LogP contribution in [0.2, 0.25) is 0 Å². The maximum Gasteiger partial charge on any atom is 0.296 e. The molecule has 0 heterocycles. The second-order valence-corrected chi connectivity index (χ2v) is 19.8. The molecular formula is C42H29N7NaO13S4. The Morgan fingerprint density at radius 2 is 0.866 bits per heavy atom. The molecule has 0 unspecified atom stereocenters. The second kappa shape index (κ2) is 18.7. The summed E-state index contributed by atoms with van der Waals surface area (Å²) < 4.78 is 137. The van der Waals surface area contributed by atoms with Gasteiger partial charge < -0.3 is 10.4 Å². The Morgan fingerprint density at radius 3 is 1.39 bits per heavy atom. The van der Waals surface area contributed by atoms with E-state index in [1.165, 1.54) is 54.6 Å². The Hall–Kier alpha value is -6.42. The molecule has 0 aliphatic carbocycles. The van der Waals surface area contributed by atoms with E-state index < -0.39 is 71.5 Å². The van der Waals surface area contributed by atoms with E-state index >= 15 is 0 Å². The summed E-state index contributed by atoms with van der Waals surface area (Å²) in [5.41, 5.74) is 0.771. The number of anilines is 2. The van der Waals surface area contributed by atoms with Crippen molar-refractivity contribution in [3.8, 4) is 5.75 Å². The van der Waals surface area contributed by atoms with Crippen LogP contribution >= 0.6 is 0 Å². The van der Waals surface area contributed by atoms with Gasteiger partial charge in [-0.2, -0.15) is 38.8 Å². The fraction of sp³-hybridized carbons (Fsp3) is 0. The number of nitrogens with one attached hydrogen (secondary N) is 1. The predicted octanol–water partition coefficient (Wildman–Crippen LogP) is 10.4. The van der Waals surface area contributed by atoms with Crippen LogP contribution in [0, 0.1) is 0 Å². The number of hydrogen-bond acceptors (Lipinski definition) is 16. The van der Waals surface area contributed by atoms with Gasteiger partial charge in [0.15, 0.2) is 5.75 Å². The molecular weight excluding hydrogens is 962 g/mol. The van der Waals surface area contributed by atoms with E-state index in [0.29, 0.717) is 5.69 Å². The van der Waals surface area contributed by atoms with Crippen LogP contribution in [0.4, 0.5) is 45.5 Å². The van der Waals surface area contributed by atoms with Gasteiger partial charge in [-0.25, -0.2) is 0 Å². The van der Waals surface area contributed by atoms with E-state index in [1.807, 2.05) is 18.2 Å². The minimum absolute atomic E-state index is 0. The molecule has 0 atom stereocenters. The third-order valence-corrected chi connectivity index (χ3v) is 13.2. The third kappa shape index (κ3) is 10.7. The van der Waals surface area contributed by atoms with Gasteiger partial charge in [-0.3, -0.25) is 18.2 Å². The zero-order valence-electron chi connectivity index (χ0n) is 34.1. The molecule has 20 nitrogen and oxygen atoms in total. The summed E-state index contributed by atoms with van der Waals surface area (Å²) >= 11 is 0. The Morgan fingerprint density at radius 1 is 0.388 bits per heavy atom. The molecule has 6 N–H and O–H groups in total. The number of phenols is 1. The van der Waals surface area contributed by atoms with Gasteiger partial charge in [0.05, 0.1) is 43.1 Å². The standard InChI is InChI=1S/C42H29N7O13S4.Na/c50-42-31-12-9-26(43-25-5-2-1-3-6-25)19-24(31)20-40(66(60,61)62)41(42)49-48-39-18-16-37(33-14-11-30(23-35(33)39)65(57,58)59)47-46-36-15-17-38(34-22-29(64(54,55)56)10-13-32(34)36)45-44-27-7-4-8-28(21-27)63(51,52)53;/h1-23,43,50H,(H,51,52,53)(H,54,55,56)(H,57,58,59)(H,60,61,62);. The van der Waals surface area contributed by atoms with Crippen LogP contribution in [0.25, 0.3) is 32.3 Å². The van der Waals surface area contributed by atoms with Crippen LogP contribution in [0.5, 0.6) is 5.75 Å². The molecule has 0 spiro atoms. The predicted molar refractivity (Wildman–Crippen MR) is 247 cm³/mol. The quantitative estimate of drug-likeness (QED) is 0.0377. The summed E-state index contributed by atoms with van der Waals surface area (Å²) in [6.45, 7) is 0. The first kappa shape index (κ1) is 48.5. The number of azo groups is 3. The molecule has 0 aliphatic rings. The molecule has 0 bridgehead atoms. The monoisotopic (exact) mass is 990 g/mol. The molecule has 0 saturated heterocycles. The molecule has 1 radical (unpaired) electrons. The summed E-state index contributed by atoms with van der Waals surface area (Å²) in [7, 11) is -19.1. The molecule has 0 fully saturated rings. The topological polar surface area (TPSA) is 324 Å². The van der Waals surface area contributed by atoms with Crippen LogP contribution < -0.4 is 5.32 Å². The summed E-state index contributed by atoms with van der Waals surface area (Å²) in [4.78, 5) is -2.32. The van der Waals surface area contributed by atoms with Crippen molar-refractivity contribution in [2.45, 2.75) is 19.6 Å². The van der Waals surface area contributed by atoms with Gasteiger partial charge >= 0.3 is 0 Å². The first-order valence-electron chi connectivity index (χ1n) is 18.6. The maximum atomic E-state index is 12.7. The smallest absolute Gasteiger partial charge is 0.296 e. The van der Waals surface area contributed by atoms with Crippen molar-refractivity contribution in [1.29, 1.82) is 0 Å². The minimum Gasteiger partial charge on any atom is -0.505 e. The van der Waals surface area contributed by atoms with Crippen molar-refractivity contribution in [3.05, 3.63) is 140 Å². The van der Waals surface area contributed by atoms with Crippen molar-refractivity contribution >= 4 is 148 Å². The van der Waals surface area contributed by atoms with Crippen LogP contribution in [-0.4, -0.2) is 86.5 Å². The SMILES string of the molecule is O=S(=O)(O)c1cccc(N=Nc2ccc(N=Nc3ccc(N=Nc4c(S(=O)(=O)O)cc5cc(Nc6ccccc6)ccc5c4O)c4cc(S(=O)(=O)O)ccc34)c3ccc(S(=O)(=O)O)cc23)c1.[Na]. The number of rotatable bonds is 12. The normalized spacial score (nSPS) is 12.7. The van der Waals surface area contributed by atoms with Crippen molar-refractivity contribution in [3.63, 3.8) is 0 Å². The Labute approximate surface area is 402 Å². The number of hydrogen-bond donors (Lipinski definition) is 6. The Kier molecular flexibility index (Phi) is 13.5. The molecule has 0 aromatic heterocycles. The van der Waals surface area contributed by atoms with Gasteiger partial charge in [0.2, 0.25) is 0 Å².